The standard InChI is InChI=1S/C32H36N4O10/c1-33-25(37)11-12-27(39)46-28-24(18-42-2)45-30(36-15-13-26(38)35-31(36)40)29(28)43-16-14-34-32(41)44-17-23-21-9-5-3-7-19(21)20-8-4-6-10-22(20)23/h3-10,13,15,23-24,28-30H,11-12,14,16-18H2,1-2H3,(H,33,37)(H,34,41)(H,35,38,40)/t24-,28?,29+,30-/m1/s1. The summed E-state index contributed by atoms with van der Waals surface area (Å²) in [4.78, 5) is 63.5. The van der Waals surface area contributed by atoms with Gasteiger partial charge in [0.1, 0.15) is 18.8 Å². The molecule has 4 atom stereocenters. The second-order valence-corrected chi connectivity index (χ2v) is 10.8. The predicted octanol–water partition coefficient (Wildman–Crippen LogP) is 1.44. The van der Waals surface area contributed by atoms with Crippen molar-refractivity contribution in [2.75, 3.05) is 40.5 Å². The van der Waals surface area contributed by atoms with Gasteiger partial charge in [-0.05, 0) is 22.3 Å². The molecular weight excluding hydrogens is 600 g/mol. The minimum absolute atomic E-state index is 0.0140. The van der Waals surface area contributed by atoms with E-state index in [2.05, 4.69) is 27.8 Å². The Bertz CT molecular complexity index is 1630. The van der Waals surface area contributed by atoms with E-state index in [9.17, 15) is 24.0 Å². The molecular formula is C32H36N4O10. The quantitative estimate of drug-likeness (QED) is 0.184. The van der Waals surface area contributed by atoms with Gasteiger partial charge >= 0.3 is 17.8 Å². The number of esters is 1. The van der Waals surface area contributed by atoms with Gasteiger partial charge in [-0.1, -0.05) is 48.5 Å². The fraction of sp³-hybridized carbons (Fsp3) is 0.406. The number of carbonyl (C=O) groups excluding carboxylic acids is 3. The number of amides is 2. The van der Waals surface area contributed by atoms with Crippen LogP contribution in [0.2, 0.25) is 0 Å². The van der Waals surface area contributed by atoms with Crippen molar-refractivity contribution in [1.29, 1.82) is 0 Å². The fourth-order valence-electron chi connectivity index (χ4n) is 5.73. The Morgan fingerprint density at radius 1 is 0.935 bits per heavy atom. The summed E-state index contributed by atoms with van der Waals surface area (Å²) in [5, 5.41) is 5.10. The number of alkyl carbamates (subject to hydrolysis) is 1. The van der Waals surface area contributed by atoms with Crippen molar-refractivity contribution in [2.24, 2.45) is 0 Å². The number of H-pyrrole nitrogens is 1. The molecule has 3 aromatic rings. The molecule has 1 aliphatic heterocycles. The number of fused-ring (bicyclic) bond motifs is 3. The summed E-state index contributed by atoms with van der Waals surface area (Å²) in [5.41, 5.74) is 3.05. The van der Waals surface area contributed by atoms with E-state index >= 15 is 0 Å². The third-order valence-electron chi connectivity index (χ3n) is 7.87. The minimum atomic E-state index is -1.12. The highest BCUT2D eigenvalue weighted by Crippen LogP contribution is 2.44. The van der Waals surface area contributed by atoms with E-state index in [-0.39, 0.29) is 51.0 Å². The number of aromatic nitrogens is 2. The first-order valence-electron chi connectivity index (χ1n) is 14.9. The van der Waals surface area contributed by atoms with Crippen molar-refractivity contribution in [3.63, 3.8) is 0 Å². The van der Waals surface area contributed by atoms with Gasteiger partial charge in [-0.25, -0.2) is 9.59 Å². The molecule has 0 radical (unpaired) electrons. The lowest BCUT2D eigenvalue weighted by Crippen LogP contribution is -2.43. The smallest absolute Gasteiger partial charge is 0.407 e. The molecule has 1 unspecified atom stereocenters. The summed E-state index contributed by atoms with van der Waals surface area (Å²) >= 11 is 0. The van der Waals surface area contributed by atoms with Crippen LogP contribution in [0.3, 0.4) is 0 Å². The SMILES string of the molecule is CNC(=O)CCC(=O)OC1[C@@H](COC)O[C@@H](n2ccc(=O)[nH]c2=O)[C@H]1OCCNC(=O)OCC1c2ccccc2-c2ccccc21. The normalized spacial score (nSPS) is 20.0. The minimum Gasteiger partial charge on any atom is -0.456 e. The van der Waals surface area contributed by atoms with Crippen LogP contribution in [0, 0.1) is 0 Å². The highest BCUT2D eigenvalue weighted by molar-refractivity contribution is 5.81. The number of rotatable bonds is 13. The van der Waals surface area contributed by atoms with Crippen LogP contribution in [0.5, 0.6) is 0 Å². The van der Waals surface area contributed by atoms with Crippen LogP contribution in [-0.4, -0.2) is 86.4 Å². The zero-order valence-corrected chi connectivity index (χ0v) is 25.4. The molecule has 14 nitrogen and oxygen atoms in total. The fourth-order valence-corrected chi connectivity index (χ4v) is 5.73. The van der Waals surface area contributed by atoms with Crippen LogP contribution in [0.1, 0.15) is 36.1 Å². The lowest BCUT2D eigenvalue weighted by Gasteiger charge is -2.25. The van der Waals surface area contributed by atoms with Crippen LogP contribution < -0.4 is 21.9 Å². The monoisotopic (exact) mass is 636 g/mol. The van der Waals surface area contributed by atoms with Crippen molar-refractivity contribution in [1.82, 2.24) is 20.2 Å². The molecule has 2 aliphatic rings. The average molecular weight is 637 g/mol. The number of methoxy groups -OCH3 is 1. The molecule has 1 fully saturated rings. The molecule has 0 saturated carbocycles. The van der Waals surface area contributed by atoms with Crippen molar-refractivity contribution < 1.29 is 38.1 Å². The third kappa shape index (κ3) is 7.36. The van der Waals surface area contributed by atoms with Gasteiger partial charge in [0.25, 0.3) is 5.56 Å². The Morgan fingerprint density at radius 2 is 1.63 bits per heavy atom. The highest BCUT2D eigenvalue weighted by atomic mass is 16.6. The van der Waals surface area contributed by atoms with Crippen molar-refractivity contribution in [3.8, 4) is 11.1 Å². The molecule has 1 aromatic heterocycles. The Kier molecular flexibility index (Phi) is 10.6. The lowest BCUT2D eigenvalue weighted by molar-refractivity contribution is -0.159. The maximum Gasteiger partial charge on any atom is 0.407 e. The van der Waals surface area contributed by atoms with Gasteiger partial charge < -0.3 is 34.3 Å². The van der Waals surface area contributed by atoms with Gasteiger partial charge in [-0.15, -0.1) is 0 Å². The first-order valence-corrected chi connectivity index (χ1v) is 14.9. The predicted molar refractivity (Wildman–Crippen MR) is 163 cm³/mol. The second kappa shape index (κ2) is 15.0. The molecule has 2 amide bonds. The Morgan fingerprint density at radius 3 is 2.28 bits per heavy atom. The maximum atomic E-state index is 12.7. The zero-order valence-electron chi connectivity index (χ0n) is 25.4. The summed E-state index contributed by atoms with van der Waals surface area (Å²) in [5.74, 6) is -1.12. The van der Waals surface area contributed by atoms with Crippen LogP contribution in [0.25, 0.3) is 11.1 Å². The van der Waals surface area contributed by atoms with E-state index < -0.39 is 47.9 Å². The van der Waals surface area contributed by atoms with E-state index in [1.165, 1.54) is 20.4 Å². The molecule has 1 saturated heterocycles. The van der Waals surface area contributed by atoms with Gasteiger partial charge in [-0.3, -0.25) is 23.9 Å². The summed E-state index contributed by atoms with van der Waals surface area (Å²) in [6.07, 6.45) is -3.74. The van der Waals surface area contributed by atoms with Gasteiger partial charge in [0.2, 0.25) is 5.91 Å². The number of nitrogens with zero attached hydrogens (tertiary/aromatic N) is 1. The lowest BCUT2D eigenvalue weighted by atomic mass is 9.98. The number of aromatic amines is 1. The van der Waals surface area contributed by atoms with Crippen LogP contribution in [0.15, 0.2) is 70.4 Å². The summed E-state index contributed by atoms with van der Waals surface area (Å²) < 4.78 is 29.7. The van der Waals surface area contributed by atoms with Gasteiger partial charge in [0.15, 0.2) is 12.3 Å². The number of hydrogen-bond acceptors (Lipinski definition) is 10. The highest BCUT2D eigenvalue weighted by Gasteiger charge is 2.49. The van der Waals surface area contributed by atoms with E-state index in [1.54, 1.807) is 0 Å². The van der Waals surface area contributed by atoms with Crippen LogP contribution in [0.4, 0.5) is 4.79 Å². The summed E-state index contributed by atoms with van der Waals surface area (Å²) in [6.45, 7) is 0.0759. The first kappa shape index (κ1) is 32.6. The van der Waals surface area contributed by atoms with Gasteiger partial charge in [0, 0.05) is 45.3 Å². The molecule has 46 heavy (non-hydrogen) atoms. The molecule has 14 heteroatoms. The van der Waals surface area contributed by atoms with Gasteiger partial charge in [0.05, 0.1) is 19.6 Å². The van der Waals surface area contributed by atoms with Crippen LogP contribution in [-0.2, 0) is 33.3 Å². The molecule has 0 bridgehead atoms. The topological polar surface area (TPSA) is 176 Å². The van der Waals surface area contributed by atoms with Crippen molar-refractivity contribution in [2.45, 2.75) is 43.3 Å². The largest absolute Gasteiger partial charge is 0.456 e. The molecule has 2 aromatic carbocycles. The molecule has 0 spiro atoms. The molecule has 5 rings (SSSR count). The van der Waals surface area contributed by atoms with E-state index in [4.69, 9.17) is 23.7 Å². The average Bonchev–Trinajstić information content (AvgIpc) is 3.55. The van der Waals surface area contributed by atoms with Crippen molar-refractivity contribution in [3.05, 3.63) is 92.8 Å². The Hall–Kier alpha value is -4.79. The molecule has 3 N–H and O–H groups in total. The number of nitrogens with one attached hydrogen (secondary N) is 3. The third-order valence-corrected chi connectivity index (χ3v) is 7.87. The van der Waals surface area contributed by atoms with Crippen molar-refractivity contribution >= 4 is 18.0 Å². The molecule has 244 valence electrons. The van der Waals surface area contributed by atoms with E-state index in [0.29, 0.717) is 0 Å². The number of ether oxygens (including phenoxy) is 5. The van der Waals surface area contributed by atoms with Gasteiger partial charge in [-0.2, -0.15) is 0 Å². The van der Waals surface area contributed by atoms with E-state index in [0.717, 1.165) is 32.9 Å². The Balaban J connectivity index is 1.22. The molecule has 2 heterocycles. The summed E-state index contributed by atoms with van der Waals surface area (Å²) in [7, 11) is 2.89. The van der Waals surface area contributed by atoms with Crippen LogP contribution >= 0.6 is 0 Å². The number of hydrogen-bond donors (Lipinski definition) is 3. The first-order chi connectivity index (χ1) is 22.3. The number of benzene rings is 2. The molecule has 1 aliphatic carbocycles. The maximum absolute atomic E-state index is 12.7. The number of carbonyl (C=O) groups is 3. The zero-order chi connectivity index (χ0) is 32.6. The summed E-state index contributed by atoms with van der Waals surface area (Å²) in [6, 6.07) is 17.2. The second-order valence-electron chi connectivity index (χ2n) is 10.8. The Labute approximate surface area is 263 Å². The van der Waals surface area contributed by atoms with E-state index in [1.807, 2.05) is 36.4 Å².